The molecule has 0 radical (unpaired) electrons. The van der Waals surface area contributed by atoms with E-state index in [1.54, 1.807) is 18.3 Å². The molecule has 3 rings (SSSR count). The lowest BCUT2D eigenvalue weighted by Crippen LogP contribution is -2.21. The highest BCUT2D eigenvalue weighted by Gasteiger charge is 2.13. The van der Waals surface area contributed by atoms with Crippen LogP contribution in [0.5, 0.6) is 0 Å². The van der Waals surface area contributed by atoms with Gasteiger partial charge in [0.2, 0.25) is 0 Å². The first-order chi connectivity index (χ1) is 11.6. The highest BCUT2D eigenvalue weighted by atomic mass is 35.5. The maximum absolute atomic E-state index is 12.5. The number of nitrogens with one attached hydrogen (secondary N) is 2. The third-order valence-corrected chi connectivity index (χ3v) is 4.38. The molecule has 2 N–H and O–H groups in total. The van der Waals surface area contributed by atoms with Crippen molar-refractivity contribution in [1.29, 1.82) is 0 Å². The summed E-state index contributed by atoms with van der Waals surface area (Å²) in [5, 5.41) is 4.37. The molecule has 1 amide bonds. The second-order valence-electron chi connectivity index (χ2n) is 5.57. The SMILES string of the molecule is CCN(CC)c1ccc(NC(=O)c2c[nH]c3ccc(Cl)cc23)cc1. The van der Waals surface area contributed by atoms with Crippen molar-refractivity contribution in [3.05, 3.63) is 59.2 Å². The number of hydrogen-bond donors (Lipinski definition) is 2. The van der Waals surface area contributed by atoms with E-state index in [9.17, 15) is 4.79 Å². The van der Waals surface area contributed by atoms with Crippen molar-refractivity contribution in [2.75, 3.05) is 23.3 Å². The van der Waals surface area contributed by atoms with Crippen molar-refractivity contribution in [2.45, 2.75) is 13.8 Å². The van der Waals surface area contributed by atoms with Crippen LogP contribution < -0.4 is 10.2 Å². The van der Waals surface area contributed by atoms with Gasteiger partial charge in [-0.15, -0.1) is 0 Å². The van der Waals surface area contributed by atoms with Crippen LogP contribution in [-0.4, -0.2) is 24.0 Å². The Labute approximate surface area is 146 Å². The van der Waals surface area contributed by atoms with Gasteiger partial charge >= 0.3 is 0 Å². The second-order valence-corrected chi connectivity index (χ2v) is 6.00. The number of fused-ring (bicyclic) bond motifs is 1. The molecular weight excluding hydrogens is 322 g/mol. The van der Waals surface area contributed by atoms with E-state index in [0.717, 1.165) is 35.4 Å². The molecular formula is C19H20ClN3O. The van der Waals surface area contributed by atoms with Crippen LogP contribution in [0.15, 0.2) is 48.7 Å². The Morgan fingerprint density at radius 2 is 1.83 bits per heavy atom. The normalized spacial score (nSPS) is 10.8. The van der Waals surface area contributed by atoms with Crippen LogP contribution >= 0.6 is 11.6 Å². The quantitative estimate of drug-likeness (QED) is 0.692. The maximum Gasteiger partial charge on any atom is 0.257 e. The molecule has 1 heterocycles. The average Bonchev–Trinajstić information content (AvgIpc) is 3.00. The maximum atomic E-state index is 12.5. The minimum absolute atomic E-state index is 0.154. The molecule has 0 aliphatic rings. The van der Waals surface area contributed by atoms with Gasteiger partial charge in [0.25, 0.3) is 5.91 Å². The Morgan fingerprint density at radius 3 is 2.50 bits per heavy atom. The molecule has 0 fully saturated rings. The van der Waals surface area contributed by atoms with E-state index in [2.05, 4.69) is 29.0 Å². The first kappa shape index (κ1) is 16.4. The van der Waals surface area contributed by atoms with E-state index in [1.807, 2.05) is 30.3 Å². The van der Waals surface area contributed by atoms with Crippen LogP contribution in [0.1, 0.15) is 24.2 Å². The molecule has 0 atom stereocenters. The number of rotatable bonds is 5. The van der Waals surface area contributed by atoms with Gasteiger partial charge in [0.15, 0.2) is 0 Å². The molecule has 0 aliphatic carbocycles. The van der Waals surface area contributed by atoms with Gasteiger partial charge in [-0.2, -0.15) is 0 Å². The summed E-state index contributed by atoms with van der Waals surface area (Å²) in [5.41, 5.74) is 3.39. The van der Waals surface area contributed by atoms with Gasteiger partial charge in [-0.05, 0) is 56.3 Å². The molecule has 0 spiro atoms. The molecule has 4 nitrogen and oxygen atoms in total. The first-order valence-corrected chi connectivity index (χ1v) is 8.43. The van der Waals surface area contributed by atoms with E-state index in [0.29, 0.717) is 10.6 Å². The topological polar surface area (TPSA) is 48.1 Å². The molecule has 0 saturated carbocycles. The van der Waals surface area contributed by atoms with Gasteiger partial charge in [-0.3, -0.25) is 4.79 Å². The van der Waals surface area contributed by atoms with E-state index in [4.69, 9.17) is 11.6 Å². The second kappa shape index (κ2) is 6.97. The lowest BCUT2D eigenvalue weighted by atomic mass is 10.1. The fourth-order valence-corrected chi connectivity index (χ4v) is 3.00. The highest BCUT2D eigenvalue weighted by Crippen LogP contribution is 2.24. The lowest BCUT2D eigenvalue weighted by Gasteiger charge is -2.21. The summed E-state index contributed by atoms with van der Waals surface area (Å²) in [7, 11) is 0. The molecule has 0 unspecified atom stereocenters. The number of carbonyl (C=O) groups is 1. The van der Waals surface area contributed by atoms with Crippen LogP contribution in [0, 0.1) is 0 Å². The molecule has 5 heteroatoms. The molecule has 2 aromatic carbocycles. The Morgan fingerprint density at radius 1 is 1.12 bits per heavy atom. The summed E-state index contributed by atoms with van der Waals surface area (Å²) in [6.07, 6.45) is 1.71. The number of benzene rings is 2. The van der Waals surface area contributed by atoms with Gasteiger partial charge in [-0.25, -0.2) is 0 Å². The number of aromatic nitrogens is 1. The summed E-state index contributed by atoms with van der Waals surface area (Å²) in [6.45, 7) is 6.17. The van der Waals surface area contributed by atoms with Crippen LogP contribution in [0.2, 0.25) is 5.02 Å². The zero-order valence-corrected chi connectivity index (χ0v) is 14.5. The van der Waals surface area contributed by atoms with Crippen molar-refractivity contribution in [1.82, 2.24) is 4.98 Å². The largest absolute Gasteiger partial charge is 0.372 e. The predicted molar refractivity (Wildman–Crippen MR) is 101 cm³/mol. The minimum Gasteiger partial charge on any atom is -0.372 e. The third-order valence-electron chi connectivity index (χ3n) is 4.14. The van der Waals surface area contributed by atoms with Crippen molar-refractivity contribution in [3.63, 3.8) is 0 Å². The van der Waals surface area contributed by atoms with Gasteiger partial charge in [0.05, 0.1) is 5.56 Å². The lowest BCUT2D eigenvalue weighted by molar-refractivity contribution is 0.102. The van der Waals surface area contributed by atoms with Crippen molar-refractivity contribution >= 4 is 39.8 Å². The van der Waals surface area contributed by atoms with E-state index in [1.165, 1.54) is 0 Å². The summed E-state index contributed by atoms with van der Waals surface area (Å²) >= 11 is 6.04. The fourth-order valence-electron chi connectivity index (χ4n) is 2.82. The van der Waals surface area contributed by atoms with Crippen LogP contribution in [-0.2, 0) is 0 Å². The zero-order valence-electron chi connectivity index (χ0n) is 13.8. The Bertz CT molecular complexity index is 851. The van der Waals surface area contributed by atoms with Gasteiger partial charge < -0.3 is 15.2 Å². The van der Waals surface area contributed by atoms with Crippen LogP contribution in [0.3, 0.4) is 0 Å². The van der Waals surface area contributed by atoms with Crippen molar-refractivity contribution < 1.29 is 4.79 Å². The summed E-state index contributed by atoms with van der Waals surface area (Å²) in [6, 6.07) is 13.4. The smallest absolute Gasteiger partial charge is 0.257 e. The van der Waals surface area contributed by atoms with Crippen LogP contribution in [0.25, 0.3) is 10.9 Å². The number of amides is 1. The summed E-state index contributed by atoms with van der Waals surface area (Å²) in [5.74, 6) is -0.154. The number of aromatic amines is 1. The van der Waals surface area contributed by atoms with Gasteiger partial charge in [0, 0.05) is 46.6 Å². The standard InChI is InChI=1S/C19H20ClN3O/c1-3-23(4-2)15-8-6-14(7-9-15)22-19(24)17-12-21-18-10-5-13(20)11-16(17)18/h5-12,21H,3-4H2,1-2H3,(H,22,24). The first-order valence-electron chi connectivity index (χ1n) is 8.05. The Hall–Kier alpha value is -2.46. The minimum atomic E-state index is -0.154. The predicted octanol–water partition coefficient (Wildman–Crippen LogP) is 4.92. The number of hydrogen-bond acceptors (Lipinski definition) is 2. The van der Waals surface area contributed by atoms with Crippen molar-refractivity contribution in [3.8, 4) is 0 Å². The van der Waals surface area contributed by atoms with Crippen LogP contribution in [0.4, 0.5) is 11.4 Å². The highest BCUT2D eigenvalue weighted by molar-refractivity contribution is 6.31. The third kappa shape index (κ3) is 3.24. The van der Waals surface area contributed by atoms with E-state index in [-0.39, 0.29) is 5.91 Å². The molecule has 3 aromatic rings. The summed E-state index contributed by atoms with van der Waals surface area (Å²) in [4.78, 5) is 17.9. The number of H-pyrrole nitrogens is 1. The number of halogens is 1. The molecule has 24 heavy (non-hydrogen) atoms. The Balaban J connectivity index is 1.80. The fraction of sp³-hybridized carbons (Fsp3) is 0.211. The number of nitrogens with zero attached hydrogens (tertiary/aromatic N) is 1. The molecule has 0 aliphatic heterocycles. The molecule has 0 saturated heterocycles. The monoisotopic (exact) mass is 341 g/mol. The molecule has 1 aromatic heterocycles. The molecule has 124 valence electrons. The average molecular weight is 342 g/mol. The van der Waals surface area contributed by atoms with Crippen molar-refractivity contribution in [2.24, 2.45) is 0 Å². The Kier molecular flexibility index (Phi) is 4.76. The van der Waals surface area contributed by atoms with E-state index >= 15 is 0 Å². The number of anilines is 2. The summed E-state index contributed by atoms with van der Waals surface area (Å²) < 4.78 is 0. The molecule has 0 bridgehead atoms. The van der Waals surface area contributed by atoms with Gasteiger partial charge in [-0.1, -0.05) is 11.6 Å². The number of carbonyl (C=O) groups excluding carboxylic acids is 1. The van der Waals surface area contributed by atoms with Gasteiger partial charge in [0.1, 0.15) is 0 Å². The van der Waals surface area contributed by atoms with E-state index < -0.39 is 0 Å². The zero-order chi connectivity index (χ0) is 17.1.